The van der Waals surface area contributed by atoms with Gasteiger partial charge in [-0.15, -0.1) is 0 Å². The molecule has 0 aromatic carbocycles. The van der Waals surface area contributed by atoms with Gasteiger partial charge in [0.1, 0.15) is 0 Å². The lowest BCUT2D eigenvalue weighted by Crippen LogP contribution is -2.51. The van der Waals surface area contributed by atoms with E-state index in [-0.39, 0.29) is 6.10 Å². The minimum Gasteiger partial charge on any atom is -0.351 e. The second kappa shape index (κ2) is 12.2. The van der Waals surface area contributed by atoms with E-state index in [1.54, 1.807) is 0 Å². The van der Waals surface area contributed by atoms with E-state index < -0.39 is 9.05 Å². The Labute approximate surface area is 125 Å². The summed E-state index contributed by atoms with van der Waals surface area (Å²) in [6.07, 6.45) is 4.21. The van der Waals surface area contributed by atoms with E-state index >= 15 is 0 Å². The predicted octanol–water partition coefficient (Wildman–Crippen LogP) is 3.43. The molecule has 0 bridgehead atoms. The van der Waals surface area contributed by atoms with Crippen LogP contribution in [-0.2, 0) is 17.7 Å². The maximum Gasteiger partial charge on any atom is 0.679 e. The molecular weight excluding hydrogens is 280 g/mol. The van der Waals surface area contributed by atoms with Crippen LogP contribution in [0.15, 0.2) is 0 Å². The van der Waals surface area contributed by atoms with Crippen LogP contribution < -0.4 is 0 Å². The van der Waals surface area contributed by atoms with Crippen molar-refractivity contribution in [3.63, 3.8) is 0 Å². The molecule has 1 atom stereocenters. The number of thiol groups is 1. The third kappa shape index (κ3) is 8.32. The van der Waals surface area contributed by atoms with Crippen molar-refractivity contribution in [1.29, 1.82) is 0 Å². The van der Waals surface area contributed by atoms with E-state index in [4.69, 9.17) is 17.7 Å². The van der Waals surface area contributed by atoms with Crippen LogP contribution in [-0.4, -0.2) is 40.7 Å². The second-order valence-electron chi connectivity index (χ2n) is 4.19. The molecule has 1 unspecified atom stereocenters. The van der Waals surface area contributed by atoms with Crippen molar-refractivity contribution in [2.45, 2.75) is 59.5 Å². The Hall–Kier alpha value is 0.407. The summed E-state index contributed by atoms with van der Waals surface area (Å²) in [7, 11) is -2.97. The first kappa shape index (κ1) is 19.4. The van der Waals surface area contributed by atoms with E-state index in [9.17, 15) is 0 Å². The fourth-order valence-corrected chi connectivity index (χ4v) is 4.21. The molecule has 0 saturated heterocycles. The Kier molecular flexibility index (Phi) is 12.4. The molecule has 6 heteroatoms. The Morgan fingerprint density at radius 2 is 1.42 bits per heavy atom. The van der Waals surface area contributed by atoms with Crippen molar-refractivity contribution in [3.8, 4) is 0 Å². The summed E-state index contributed by atoms with van der Waals surface area (Å²) in [6, 6.07) is 0. The molecule has 0 radical (unpaired) electrons. The number of rotatable bonds is 13. The van der Waals surface area contributed by atoms with Gasteiger partial charge in [0, 0.05) is 19.8 Å². The summed E-state index contributed by atoms with van der Waals surface area (Å²) in [5, 5.41) is 0. The maximum absolute atomic E-state index is 6.14. The highest BCUT2D eigenvalue weighted by atomic mass is 32.1. The van der Waals surface area contributed by atoms with Gasteiger partial charge in [0.05, 0.1) is 6.10 Å². The van der Waals surface area contributed by atoms with Crippen molar-refractivity contribution >= 4 is 21.7 Å². The third-order valence-electron chi connectivity index (χ3n) is 2.57. The van der Waals surface area contributed by atoms with Gasteiger partial charge in [-0.3, -0.25) is 0 Å². The van der Waals surface area contributed by atoms with E-state index in [0.29, 0.717) is 19.8 Å². The molecule has 0 fully saturated rings. The fourth-order valence-electron chi connectivity index (χ4n) is 1.86. The summed E-state index contributed by atoms with van der Waals surface area (Å²) < 4.78 is 23.3. The smallest absolute Gasteiger partial charge is 0.351 e. The minimum absolute atomic E-state index is 0.133. The Morgan fingerprint density at radius 3 is 1.79 bits per heavy atom. The highest BCUT2D eigenvalue weighted by molar-refractivity contribution is 7.80. The SMILES string of the molecule is CCCC(CCCS)O[Si](OCC)(OCC)OCC. The molecule has 0 aromatic heterocycles. The van der Waals surface area contributed by atoms with E-state index in [2.05, 4.69) is 19.6 Å². The Bertz CT molecular complexity index is 190. The summed E-state index contributed by atoms with van der Waals surface area (Å²) >= 11 is 4.26. The Morgan fingerprint density at radius 1 is 0.895 bits per heavy atom. The van der Waals surface area contributed by atoms with Crippen LogP contribution in [0, 0.1) is 0 Å². The lowest BCUT2D eigenvalue weighted by atomic mass is 10.1. The molecule has 0 aromatic rings. The standard InChI is InChI=1S/C13H30O4SSi/c1-5-10-13(11-9-12-18)17-19(14-6-2,15-7-3)16-8-4/h13,18H,5-12H2,1-4H3. The average Bonchev–Trinajstić information content (AvgIpc) is 2.37. The van der Waals surface area contributed by atoms with E-state index in [1.807, 2.05) is 20.8 Å². The fraction of sp³-hybridized carbons (Fsp3) is 1.00. The van der Waals surface area contributed by atoms with Crippen LogP contribution in [0.3, 0.4) is 0 Å². The quantitative estimate of drug-likeness (QED) is 0.418. The maximum atomic E-state index is 6.14. The molecule has 4 nitrogen and oxygen atoms in total. The zero-order valence-corrected chi connectivity index (χ0v) is 14.7. The topological polar surface area (TPSA) is 36.9 Å². The summed E-state index contributed by atoms with van der Waals surface area (Å²) in [4.78, 5) is 0. The van der Waals surface area contributed by atoms with Crippen LogP contribution in [0.4, 0.5) is 0 Å². The average molecular weight is 311 g/mol. The zero-order chi connectivity index (χ0) is 14.6. The van der Waals surface area contributed by atoms with Crippen molar-refractivity contribution in [2.75, 3.05) is 25.6 Å². The van der Waals surface area contributed by atoms with E-state index in [0.717, 1.165) is 31.4 Å². The monoisotopic (exact) mass is 310 g/mol. The van der Waals surface area contributed by atoms with Crippen molar-refractivity contribution in [2.24, 2.45) is 0 Å². The van der Waals surface area contributed by atoms with E-state index in [1.165, 1.54) is 0 Å². The van der Waals surface area contributed by atoms with Crippen LogP contribution in [0.5, 0.6) is 0 Å². The molecule has 19 heavy (non-hydrogen) atoms. The van der Waals surface area contributed by atoms with Crippen molar-refractivity contribution in [1.82, 2.24) is 0 Å². The van der Waals surface area contributed by atoms with Crippen LogP contribution in [0.1, 0.15) is 53.4 Å². The molecule has 0 N–H and O–H groups in total. The van der Waals surface area contributed by atoms with Gasteiger partial charge in [-0.25, -0.2) is 0 Å². The van der Waals surface area contributed by atoms with Crippen molar-refractivity contribution < 1.29 is 17.7 Å². The third-order valence-corrected chi connectivity index (χ3v) is 5.43. The Balaban J connectivity index is 4.68. The first-order valence-corrected chi connectivity index (χ1v) is 9.64. The predicted molar refractivity (Wildman–Crippen MR) is 83.5 cm³/mol. The largest absolute Gasteiger partial charge is 0.679 e. The minimum atomic E-state index is -2.97. The molecule has 0 spiro atoms. The zero-order valence-electron chi connectivity index (χ0n) is 12.8. The highest BCUT2D eigenvalue weighted by Gasteiger charge is 2.46. The second-order valence-corrected chi connectivity index (χ2v) is 6.74. The molecule has 0 aliphatic carbocycles. The van der Waals surface area contributed by atoms with Gasteiger partial charge in [0.2, 0.25) is 0 Å². The van der Waals surface area contributed by atoms with Gasteiger partial charge in [-0.2, -0.15) is 12.6 Å². The van der Waals surface area contributed by atoms with Gasteiger partial charge in [-0.1, -0.05) is 13.3 Å². The van der Waals surface area contributed by atoms with Gasteiger partial charge < -0.3 is 17.7 Å². The van der Waals surface area contributed by atoms with Crippen molar-refractivity contribution in [3.05, 3.63) is 0 Å². The van der Waals surface area contributed by atoms with Gasteiger partial charge >= 0.3 is 9.05 Å². The number of hydrogen-bond acceptors (Lipinski definition) is 5. The summed E-state index contributed by atoms with van der Waals surface area (Å²) in [6.45, 7) is 9.58. The normalized spacial score (nSPS) is 13.7. The molecule has 0 amide bonds. The molecular formula is C13H30O4SSi. The number of hydrogen-bond donors (Lipinski definition) is 1. The lowest BCUT2D eigenvalue weighted by molar-refractivity contribution is -0.0535. The molecule has 0 aliphatic heterocycles. The van der Waals surface area contributed by atoms with Crippen LogP contribution >= 0.6 is 12.6 Å². The molecule has 116 valence electrons. The highest BCUT2D eigenvalue weighted by Crippen LogP contribution is 2.20. The first-order valence-electron chi connectivity index (χ1n) is 7.38. The molecule has 0 heterocycles. The van der Waals surface area contributed by atoms with Gasteiger partial charge in [0.25, 0.3) is 0 Å². The van der Waals surface area contributed by atoms with Gasteiger partial charge in [0.15, 0.2) is 0 Å². The molecule has 0 saturated carbocycles. The van der Waals surface area contributed by atoms with Crippen LogP contribution in [0.2, 0.25) is 0 Å². The lowest BCUT2D eigenvalue weighted by Gasteiger charge is -2.31. The molecule has 0 rings (SSSR count). The summed E-state index contributed by atoms with van der Waals surface area (Å²) in [5.41, 5.74) is 0. The van der Waals surface area contributed by atoms with Crippen LogP contribution in [0.25, 0.3) is 0 Å². The molecule has 0 aliphatic rings. The summed E-state index contributed by atoms with van der Waals surface area (Å²) in [5.74, 6) is 0.871. The van der Waals surface area contributed by atoms with Gasteiger partial charge in [-0.05, 0) is 45.8 Å². The first-order chi connectivity index (χ1) is 9.17.